The molecule has 1 aromatic carbocycles. The molecule has 2 aliphatic rings. The Morgan fingerprint density at radius 1 is 1.35 bits per heavy atom. The van der Waals surface area contributed by atoms with Gasteiger partial charge in [0.2, 0.25) is 5.91 Å². The number of anilines is 1. The van der Waals surface area contributed by atoms with Crippen LogP contribution in [-0.2, 0) is 4.79 Å². The first kappa shape index (κ1) is 15.8. The monoisotopic (exact) mass is 319 g/mol. The summed E-state index contributed by atoms with van der Waals surface area (Å²) in [7, 11) is 1.63. The molecule has 2 amide bonds. The Balaban J connectivity index is 1.86. The van der Waals surface area contributed by atoms with Crippen LogP contribution in [0.15, 0.2) is 18.2 Å². The van der Waals surface area contributed by atoms with Gasteiger partial charge < -0.3 is 25.4 Å². The van der Waals surface area contributed by atoms with Crippen molar-refractivity contribution in [3.8, 4) is 5.75 Å². The Morgan fingerprint density at radius 3 is 2.74 bits per heavy atom. The standard InChI is InChI=1S/C16H21N3O4/c1-18-13-8-10(15(21)19-6-4-11(20)5-7-19)2-3-14(13)23-9-12(17)16(18)22/h2-3,8,11-12,20H,4-7,9,17H2,1H3/t12-/m0/s1. The van der Waals surface area contributed by atoms with E-state index in [2.05, 4.69) is 0 Å². The van der Waals surface area contributed by atoms with Crippen molar-refractivity contribution in [1.29, 1.82) is 0 Å². The average molecular weight is 319 g/mol. The molecule has 0 spiro atoms. The van der Waals surface area contributed by atoms with Gasteiger partial charge in [-0.1, -0.05) is 0 Å². The highest BCUT2D eigenvalue weighted by Gasteiger charge is 2.28. The maximum atomic E-state index is 12.6. The summed E-state index contributed by atoms with van der Waals surface area (Å²) in [5, 5.41) is 9.55. The highest BCUT2D eigenvalue weighted by molar-refractivity contribution is 6.01. The highest BCUT2D eigenvalue weighted by atomic mass is 16.5. The fourth-order valence-electron chi connectivity index (χ4n) is 2.90. The number of hydrogen-bond acceptors (Lipinski definition) is 5. The normalized spacial score (nSPS) is 22.4. The van der Waals surface area contributed by atoms with E-state index in [0.29, 0.717) is 42.9 Å². The molecule has 1 atom stereocenters. The molecule has 7 heteroatoms. The van der Waals surface area contributed by atoms with Crippen LogP contribution in [0.1, 0.15) is 23.2 Å². The summed E-state index contributed by atoms with van der Waals surface area (Å²) in [4.78, 5) is 27.9. The van der Waals surface area contributed by atoms with Crippen LogP contribution in [-0.4, -0.2) is 60.7 Å². The average Bonchev–Trinajstić information content (AvgIpc) is 2.67. The van der Waals surface area contributed by atoms with Crippen LogP contribution < -0.4 is 15.4 Å². The third kappa shape index (κ3) is 3.02. The van der Waals surface area contributed by atoms with Gasteiger partial charge in [0.15, 0.2) is 0 Å². The summed E-state index contributed by atoms with van der Waals surface area (Å²) in [6.45, 7) is 1.19. The predicted octanol–water partition coefficient (Wildman–Crippen LogP) is -0.0340. The zero-order valence-electron chi connectivity index (χ0n) is 13.1. The van der Waals surface area contributed by atoms with E-state index in [1.807, 2.05) is 0 Å². The highest BCUT2D eigenvalue weighted by Crippen LogP contribution is 2.32. The second-order valence-electron chi connectivity index (χ2n) is 6.02. The first-order chi connectivity index (χ1) is 11.0. The lowest BCUT2D eigenvalue weighted by Gasteiger charge is -2.30. The van der Waals surface area contributed by atoms with E-state index in [1.165, 1.54) is 4.90 Å². The second kappa shape index (κ2) is 6.17. The summed E-state index contributed by atoms with van der Waals surface area (Å²) in [6.07, 6.45) is 0.852. The van der Waals surface area contributed by atoms with E-state index in [0.717, 1.165) is 0 Å². The second-order valence-corrected chi connectivity index (χ2v) is 6.02. The van der Waals surface area contributed by atoms with Crippen molar-refractivity contribution in [3.05, 3.63) is 23.8 Å². The summed E-state index contributed by atoms with van der Waals surface area (Å²) < 4.78 is 5.55. The minimum Gasteiger partial charge on any atom is -0.489 e. The SMILES string of the molecule is CN1C(=O)[C@@H](N)COc2ccc(C(=O)N3CCC(O)CC3)cc21. The number of likely N-dealkylation sites (N-methyl/N-ethyl adjacent to an activating group) is 1. The Hall–Kier alpha value is -2.12. The number of rotatable bonds is 1. The maximum absolute atomic E-state index is 12.6. The number of fused-ring (bicyclic) bond motifs is 1. The van der Waals surface area contributed by atoms with E-state index in [1.54, 1.807) is 30.1 Å². The molecular formula is C16H21N3O4. The van der Waals surface area contributed by atoms with E-state index in [9.17, 15) is 14.7 Å². The molecule has 2 aliphatic heterocycles. The molecule has 0 saturated carbocycles. The third-order valence-corrected chi connectivity index (χ3v) is 4.39. The minimum absolute atomic E-state index is 0.103. The Morgan fingerprint density at radius 2 is 2.04 bits per heavy atom. The van der Waals surface area contributed by atoms with Gasteiger partial charge in [0, 0.05) is 25.7 Å². The van der Waals surface area contributed by atoms with Gasteiger partial charge in [0.25, 0.3) is 5.91 Å². The van der Waals surface area contributed by atoms with Crippen LogP contribution in [0.3, 0.4) is 0 Å². The molecule has 0 aromatic heterocycles. The van der Waals surface area contributed by atoms with Crippen LogP contribution >= 0.6 is 0 Å². The van der Waals surface area contributed by atoms with E-state index in [-0.39, 0.29) is 24.5 Å². The molecule has 124 valence electrons. The molecule has 23 heavy (non-hydrogen) atoms. The fraction of sp³-hybridized carbons (Fsp3) is 0.500. The number of carbonyl (C=O) groups is 2. The molecule has 0 radical (unpaired) electrons. The van der Waals surface area contributed by atoms with Gasteiger partial charge in [-0.2, -0.15) is 0 Å². The number of aliphatic hydroxyl groups excluding tert-OH is 1. The lowest BCUT2D eigenvalue weighted by Crippen LogP contribution is -2.43. The number of benzene rings is 1. The molecule has 2 heterocycles. The maximum Gasteiger partial charge on any atom is 0.253 e. The molecule has 3 rings (SSSR count). The predicted molar refractivity (Wildman–Crippen MR) is 84.5 cm³/mol. The Labute approximate surface area is 134 Å². The van der Waals surface area contributed by atoms with Crippen LogP contribution in [0.25, 0.3) is 0 Å². The zero-order valence-corrected chi connectivity index (χ0v) is 13.1. The van der Waals surface area contributed by atoms with Gasteiger partial charge in [0.05, 0.1) is 11.8 Å². The first-order valence-corrected chi connectivity index (χ1v) is 7.74. The van der Waals surface area contributed by atoms with Crippen molar-refractivity contribution in [2.75, 3.05) is 31.6 Å². The summed E-state index contributed by atoms with van der Waals surface area (Å²) in [5.41, 5.74) is 6.81. The number of likely N-dealkylation sites (tertiary alicyclic amines) is 1. The lowest BCUT2D eigenvalue weighted by atomic mass is 10.1. The lowest BCUT2D eigenvalue weighted by molar-refractivity contribution is -0.119. The Kier molecular flexibility index (Phi) is 4.23. The van der Waals surface area contributed by atoms with Gasteiger partial charge in [-0.15, -0.1) is 0 Å². The largest absolute Gasteiger partial charge is 0.489 e. The number of hydrogen-bond donors (Lipinski definition) is 2. The van der Waals surface area contributed by atoms with Crippen LogP contribution in [0.5, 0.6) is 5.75 Å². The topological polar surface area (TPSA) is 96.1 Å². The molecule has 0 aliphatic carbocycles. The zero-order chi connectivity index (χ0) is 16.6. The van der Waals surface area contributed by atoms with Gasteiger partial charge in [-0.05, 0) is 31.0 Å². The number of piperidine rings is 1. The number of amides is 2. The quantitative estimate of drug-likeness (QED) is 0.757. The van der Waals surface area contributed by atoms with E-state index < -0.39 is 6.04 Å². The fourth-order valence-corrected chi connectivity index (χ4v) is 2.90. The first-order valence-electron chi connectivity index (χ1n) is 7.74. The molecule has 0 unspecified atom stereocenters. The number of nitrogens with two attached hydrogens (primary N) is 1. The van der Waals surface area contributed by atoms with E-state index >= 15 is 0 Å². The van der Waals surface area contributed by atoms with Crippen molar-refractivity contribution in [3.63, 3.8) is 0 Å². The summed E-state index contributed by atoms with van der Waals surface area (Å²) in [6, 6.07) is 4.35. The molecule has 0 bridgehead atoms. The van der Waals surface area contributed by atoms with Crippen LogP contribution in [0, 0.1) is 0 Å². The summed E-state index contributed by atoms with van der Waals surface area (Å²) >= 11 is 0. The van der Waals surface area contributed by atoms with E-state index in [4.69, 9.17) is 10.5 Å². The molecule has 1 saturated heterocycles. The molecule has 1 fully saturated rings. The smallest absolute Gasteiger partial charge is 0.253 e. The molecule has 7 nitrogen and oxygen atoms in total. The Bertz CT molecular complexity index is 626. The van der Waals surface area contributed by atoms with Gasteiger partial charge in [0.1, 0.15) is 18.4 Å². The van der Waals surface area contributed by atoms with Gasteiger partial charge in [-0.3, -0.25) is 9.59 Å². The number of carbonyl (C=O) groups excluding carboxylic acids is 2. The minimum atomic E-state index is -0.713. The summed E-state index contributed by atoms with van der Waals surface area (Å²) in [5.74, 6) is 0.197. The number of ether oxygens (including phenoxy) is 1. The van der Waals surface area contributed by atoms with Crippen molar-refractivity contribution in [2.24, 2.45) is 5.73 Å². The van der Waals surface area contributed by atoms with Crippen molar-refractivity contribution >= 4 is 17.5 Å². The van der Waals surface area contributed by atoms with Gasteiger partial charge in [-0.25, -0.2) is 0 Å². The van der Waals surface area contributed by atoms with Gasteiger partial charge >= 0.3 is 0 Å². The molecule has 1 aromatic rings. The van der Waals surface area contributed by atoms with Crippen LogP contribution in [0.4, 0.5) is 5.69 Å². The molecule has 3 N–H and O–H groups in total. The number of nitrogens with zero attached hydrogens (tertiary/aromatic N) is 2. The van der Waals surface area contributed by atoms with Crippen molar-refractivity contribution < 1.29 is 19.4 Å². The van der Waals surface area contributed by atoms with Crippen LogP contribution in [0.2, 0.25) is 0 Å². The van der Waals surface area contributed by atoms with Crippen molar-refractivity contribution in [1.82, 2.24) is 4.90 Å². The third-order valence-electron chi connectivity index (χ3n) is 4.39. The van der Waals surface area contributed by atoms with Crippen molar-refractivity contribution in [2.45, 2.75) is 25.0 Å². The molecular weight excluding hydrogens is 298 g/mol. The number of aliphatic hydroxyl groups is 1.